The number of esters is 2. The third-order valence-electron chi connectivity index (χ3n) is 9.77. The summed E-state index contributed by atoms with van der Waals surface area (Å²) in [4.78, 5) is 35.0. The van der Waals surface area contributed by atoms with Crippen LogP contribution in [0.25, 0.3) is 0 Å². The van der Waals surface area contributed by atoms with Gasteiger partial charge in [0.2, 0.25) is 0 Å². The molecule has 348 valence electrons. The number of allylic oxidation sites excluding steroid dienone is 9. The molecule has 0 spiro atoms. The van der Waals surface area contributed by atoms with E-state index in [-0.39, 0.29) is 19.4 Å². The molecule has 0 bridgehead atoms. The van der Waals surface area contributed by atoms with E-state index >= 15 is 0 Å². The number of aliphatic hydroxyl groups is 3. The Morgan fingerprint density at radius 3 is 1.62 bits per heavy atom. The van der Waals surface area contributed by atoms with Crippen LogP contribution in [-0.2, 0) is 32.7 Å². The molecular weight excluding hydrogens is 783 g/mol. The van der Waals surface area contributed by atoms with Crippen LogP contribution in [0.4, 0.5) is 0 Å². The number of carbonyl (C=O) groups excluding carboxylic acids is 2. The van der Waals surface area contributed by atoms with Gasteiger partial charge in [0, 0.05) is 12.8 Å². The van der Waals surface area contributed by atoms with Crippen LogP contribution in [0.1, 0.15) is 181 Å². The Morgan fingerprint density at radius 1 is 0.600 bits per heavy atom. The van der Waals surface area contributed by atoms with Gasteiger partial charge >= 0.3 is 19.8 Å². The van der Waals surface area contributed by atoms with Crippen LogP contribution in [0, 0.1) is 5.92 Å². The fourth-order valence-corrected chi connectivity index (χ4v) is 6.84. The van der Waals surface area contributed by atoms with Crippen molar-refractivity contribution < 1.29 is 52.9 Å². The van der Waals surface area contributed by atoms with Gasteiger partial charge in [0.15, 0.2) is 6.10 Å². The first-order valence-corrected chi connectivity index (χ1v) is 24.7. The molecule has 0 saturated heterocycles. The number of phosphoric ester groups is 1. The lowest BCUT2D eigenvalue weighted by Gasteiger charge is -2.20. The van der Waals surface area contributed by atoms with Gasteiger partial charge in [-0.05, 0) is 50.9 Å². The summed E-state index contributed by atoms with van der Waals surface area (Å²) in [6.45, 7) is 4.33. The molecule has 4 N–H and O–H groups in total. The molecule has 0 radical (unpaired) electrons. The van der Waals surface area contributed by atoms with E-state index in [1.807, 2.05) is 37.3 Å². The lowest BCUT2D eigenvalue weighted by Crippen LogP contribution is -2.29. The summed E-state index contributed by atoms with van der Waals surface area (Å²) in [5.41, 5.74) is 0. The van der Waals surface area contributed by atoms with Crippen molar-refractivity contribution in [2.24, 2.45) is 5.92 Å². The Morgan fingerprint density at radius 2 is 1.08 bits per heavy atom. The molecule has 1 unspecified atom stereocenters. The van der Waals surface area contributed by atoms with Gasteiger partial charge in [-0.25, -0.2) is 4.57 Å². The van der Waals surface area contributed by atoms with Gasteiger partial charge in [-0.15, -0.1) is 0 Å². The van der Waals surface area contributed by atoms with Crippen LogP contribution >= 0.6 is 7.82 Å². The molecule has 0 aromatic rings. The second-order valence-corrected chi connectivity index (χ2v) is 17.5. The highest BCUT2D eigenvalue weighted by Crippen LogP contribution is 2.43. The zero-order valence-corrected chi connectivity index (χ0v) is 38.6. The van der Waals surface area contributed by atoms with Crippen molar-refractivity contribution >= 4 is 19.8 Å². The number of unbranched alkanes of at least 4 members (excludes halogenated alkanes) is 16. The number of rotatable bonds is 42. The Hall–Kier alpha value is -2.37. The Labute approximate surface area is 364 Å². The predicted octanol–water partition coefficient (Wildman–Crippen LogP) is 11.5. The number of ether oxygens (including phenoxy) is 2. The van der Waals surface area contributed by atoms with Crippen molar-refractivity contribution in [2.75, 3.05) is 26.4 Å². The van der Waals surface area contributed by atoms with Gasteiger partial charge in [-0.1, -0.05) is 184 Å². The van der Waals surface area contributed by atoms with E-state index in [0.29, 0.717) is 25.7 Å². The maximum absolute atomic E-state index is 12.6. The maximum Gasteiger partial charge on any atom is 0.472 e. The third kappa shape index (κ3) is 42.3. The highest BCUT2D eigenvalue weighted by Gasteiger charge is 2.27. The van der Waals surface area contributed by atoms with Gasteiger partial charge in [-0.2, -0.15) is 0 Å². The molecule has 0 aliphatic rings. The van der Waals surface area contributed by atoms with Crippen LogP contribution in [0.2, 0.25) is 0 Å². The molecule has 0 rings (SSSR count). The lowest BCUT2D eigenvalue weighted by atomic mass is 10.0. The zero-order chi connectivity index (χ0) is 44.4. The molecule has 12 heteroatoms. The second-order valence-electron chi connectivity index (χ2n) is 16.1. The summed E-state index contributed by atoms with van der Waals surface area (Å²) in [6, 6.07) is 0. The normalized spacial score (nSPS) is 14.9. The van der Waals surface area contributed by atoms with Crippen LogP contribution < -0.4 is 0 Å². The summed E-state index contributed by atoms with van der Waals surface area (Å²) < 4.78 is 32.7. The first kappa shape index (κ1) is 57.6. The number of aliphatic hydroxyl groups excluding tert-OH is 3. The van der Waals surface area contributed by atoms with E-state index < -0.39 is 57.9 Å². The van der Waals surface area contributed by atoms with Crippen molar-refractivity contribution in [2.45, 2.75) is 200 Å². The summed E-state index contributed by atoms with van der Waals surface area (Å²) in [5.74, 6) is -0.181. The lowest BCUT2D eigenvalue weighted by molar-refractivity contribution is -0.161. The van der Waals surface area contributed by atoms with Crippen molar-refractivity contribution in [3.63, 3.8) is 0 Å². The Balaban J connectivity index is 4.34. The minimum Gasteiger partial charge on any atom is -0.462 e. The minimum absolute atomic E-state index is 0.0910. The molecule has 0 aromatic heterocycles. The first-order valence-electron chi connectivity index (χ1n) is 23.2. The van der Waals surface area contributed by atoms with Crippen molar-refractivity contribution in [3.8, 4) is 0 Å². The average molecular weight is 869 g/mol. The van der Waals surface area contributed by atoms with E-state index in [1.165, 1.54) is 83.5 Å². The number of hydrogen-bond donors (Lipinski definition) is 4. The van der Waals surface area contributed by atoms with Crippen LogP contribution in [-0.4, -0.2) is 76.9 Å². The minimum atomic E-state index is -4.65. The quantitative estimate of drug-likeness (QED) is 0.0151. The van der Waals surface area contributed by atoms with Gasteiger partial charge in [0.1, 0.15) is 12.7 Å². The van der Waals surface area contributed by atoms with Gasteiger partial charge < -0.3 is 29.7 Å². The molecule has 0 aliphatic carbocycles. The van der Waals surface area contributed by atoms with Crippen molar-refractivity contribution in [1.29, 1.82) is 0 Å². The molecule has 0 saturated carbocycles. The van der Waals surface area contributed by atoms with Gasteiger partial charge in [0.05, 0.1) is 25.9 Å². The van der Waals surface area contributed by atoms with Crippen LogP contribution in [0.15, 0.2) is 60.8 Å². The third-order valence-corrected chi connectivity index (χ3v) is 10.7. The molecule has 0 heterocycles. The van der Waals surface area contributed by atoms with E-state index in [4.69, 9.17) is 19.1 Å². The smallest absolute Gasteiger partial charge is 0.462 e. The Bertz CT molecular complexity index is 1210. The number of phosphoric acid groups is 1. The molecule has 0 amide bonds. The summed E-state index contributed by atoms with van der Waals surface area (Å²) in [7, 11) is -4.65. The van der Waals surface area contributed by atoms with E-state index in [1.54, 1.807) is 6.08 Å². The number of hydrogen-bond acceptors (Lipinski definition) is 10. The predicted molar refractivity (Wildman–Crippen MR) is 243 cm³/mol. The van der Waals surface area contributed by atoms with Crippen LogP contribution in [0.5, 0.6) is 0 Å². The molecule has 0 fully saturated rings. The zero-order valence-electron chi connectivity index (χ0n) is 37.7. The fraction of sp³-hybridized carbons (Fsp3) is 0.750. The van der Waals surface area contributed by atoms with Gasteiger partial charge in [-0.3, -0.25) is 18.6 Å². The highest BCUT2D eigenvalue weighted by molar-refractivity contribution is 7.47. The largest absolute Gasteiger partial charge is 0.472 e. The second kappa shape index (κ2) is 42.0. The summed E-state index contributed by atoms with van der Waals surface area (Å²) in [5, 5.41) is 27.8. The molecule has 4 atom stereocenters. The molecule has 60 heavy (non-hydrogen) atoms. The molecule has 0 aromatic carbocycles. The Kier molecular flexibility index (Phi) is 40.3. The van der Waals surface area contributed by atoms with Crippen LogP contribution in [0.3, 0.4) is 0 Å². The van der Waals surface area contributed by atoms with Gasteiger partial charge in [0.25, 0.3) is 0 Å². The fourth-order valence-electron chi connectivity index (χ4n) is 6.05. The van der Waals surface area contributed by atoms with Crippen molar-refractivity contribution in [1.82, 2.24) is 0 Å². The van der Waals surface area contributed by atoms with E-state index in [9.17, 15) is 29.3 Å². The topological polar surface area (TPSA) is 169 Å². The monoisotopic (exact) mass is 869 g/mol. The molecular formula is C48H85O11P. The molecule has 11 nitrogen and oxygen atoms in total. The summed E-state index contributed by atoms with van der Waals surface area (Å²) in [6.07, 6.45) is 42.9. The van der Waals surface area contributed by atoms with E-state index in [0.717, 1.165) is 44.4 Å². The maximum atomic E-state index is 12.6. The molecule has 0 aliphatic heterocycles. The van der Waals surface area contributed by atoms with Crippen molar-refractivity contribution in [3.05, 3.63) is 60.8 Å². The standard InChI is InChI=1S/C48H85O11P/c1-4-44(50)36-32-28-24-20-16-12-9-10-14-18-22-26-30-34-38-48(53)59-46(42-58-60(54,55)57-40-45(51)39-49)41-56-47(52)37-33-29-25-21-17-13-8-6-5-7-11-15-19-23-27-31-35-43(2)3/h10,12,14,16,22,24,26,28,32,36,43-46,49-51H,4-9,11,13,15,17-21,23,25,27,29-31,33-35,37-42H2,1-3H3,(H,54,55)/b14-10-,16-12-,26-22-,28-24-,36-32+/t44-,45+,46-/m1/s1. The highest BCUT2D eigenvalue weighted by atomic mass is 31.2. The van der Waals surface area contributed by atoms with E-state index in [2.05, 4.69) is 42.7 Å². The average Bonchev–Trinajstić information content (AvgIpc) is 3.22. The SMILES string of the molecule is CC[C@@H](O)/C=C/C=C\C/C=C\C/C=C\C/C=C\CCCC(=O)O[C@H](COC(=O)CCCCCCCCCCCCCCCCCCC(C)C)COP(=O)(O)OC[C@@H](O)CO. The summed E-state index contributed by atoms with van der Waals surface area (Å²) >= 11 is 0. The first-order chi connectivity index (χ1) is 29.0. The number of carbonyl (C=O) groups is 2.